The second-order valence-electron chi connectivity index (χ2n) is 4.67. The second-order valence-corrected chi connectivity index (χ2v) is 4.67. The van der Waals surface area contributed by atoms with Gasteiger partial charge in [-0.3, -0.25) is 0 Å². The number of rotatable bonds is 4. The highest BCUT2D eigenvalue weighted by atomic mass is 16.6. The van der Waals surface area contributed by atoms with Gasteiger partial charge >= 0.3 is 11.9 Å². The molecule has 0 atom stereocenters. The minimum Gasteiger partial charge on any atom is -0.417 e. The lowest BCUT2D eigenvalue weighted by molar-refractivity contribution is 0.0672. The Kier molecular flexibility index (Phi) is 4.57. The quantitative estimate of drug-likeness (QED) is 0.688. The van der Waals surface area contributed by atoms with Crippen LogP contribution >= 0.6 is 0 Å². The number of carbonyl (C=O) groups is 2. The van der Waals surface area contributed by atoms with Gasteiger partial charge in [0.1, 0.15) is 5.69 Å². The third kappa shape index (κ3) is 3.61. The molecular formula is C18H12N2O4. The lowest BCUT2D eigenvalue weighted by atomic mass is 10.2. The Morgan fingerprint density at radius 3 is 2.21 bits per heavy atom. The van der Waals surface area contributed by atoms with Gasteiger partial charge in [-0.05, 0) is 36.4 Å². The molecule has 0 saturated carbocycles. The lowest BCUT2D eigenvalue weighted by Gasteiger charge is -2.09. The monoisotopic (exact) mass is 320 g/mol. The van der Waals surface area contributed by atoms with Crippen LogP contribution in [0.2, 0.25) is 0 Å². The van der Waals surface area contributed by atoms with Crippen molar-refractivity contribution in [3.05, 3.63) is 84.3 Å². The van der Waals surface area contributed by atoms with Crippen LogP contribution in [0.15, 0.2) is 73.1 Å². The Bertz CT molecular complexity index is 779. The second kappa shape index (κ2) is 7.15. The molecule has 118 valence electrons. The summed E-state index contributed by atoms with van der Waals surface area (Å²) in [5.41, 5.74) is 0.506. The van der Waals surface area contributed by atoms with Crippen LogP contribution in [0.5, 0.6) is 11.6 Å². The first-order chi connectivity index (χ1) is 11.7. The molecular weight excluding hydrogens is 308 g/mol. The standard InChI is InChI=1S/C18H12N2O4/c21-17(13-7-2-1-3-8-13)23-15-10-6-12-20-16(15)24-18(22)14-9-4-5-11-19-14/h1-12H. The molecule has 0 radical (unpaired) electrons. The summed E-state index contributed by atoms with van der Waals surface area (Å²) in [6.45, 7) is 0. The van der Waals surface area contributed by atoms with E-state index in [9.17, 15) is 9.59 Å². The van der Waals surface area contributed by atoms with E-state index in [-0.39, 0.29) is 17.3 Å². The van der Waals surface area contributed by atoms with E-state index in [0.29, 0.717) is 5.56 Å². The van der Waals surface area contributed by atoms with Crippen LogP contribution in [0.1, 0.15) is 20.8 Å². The Labute approximate surface area is 137 Å². The Balaban J connectivity index is 1.78. The Morgan fingerprint density at radius 2 is 1.46 bits per heavy atom. The number of hydrogen-bond donors (Lipinski definition) is 0. The molecule has 2 aromatic heterocycles. The maximum atomic E-state index is 12.1. The van der Waals surface area contributed by atoms with Gasteiger partial charge in [-0.1, -0.05) is 24.3 Å². The highest BCUT2D eigenvalue weighted by Crippen LogP contribution is 2.25. The minimum atomic E-state index is -0.689. The normalized spacial score (nSPS) is 10.0. The number of carbonyl (C=O) groups excluding carboxylic acids is 2. The highest BCUT2D eigenvalue weighted by Gasteiger charge is 2.17. The van der Waals surface area contributed by atoms with Gasteiger partial charge in [0.15, 0.2) is 5.75 Å². The number of pyridine rings is 2. The molecule has 0 saturated heterocycles. The van der Waals surface area contributed by atoms with Crippen molar-refractivity contribution in [2.24, 2.45) is 0 Å². The molecule has 0 fully saturated rings. The molecule has 0 aliphatic carbocycles. The van der Waals surface area contributed by atoms with Crippen LogP contribution in [0.4, 0.5) is 0 Å². The Morgan fingerprint density at radius 1 is 0.708 bits per heavy atom. The fourth-order valence-corrected chi connectivity index (χ4v) is 1.89. The summed E-state index contributed by atoms with van der Waals surface area (Å²) in [6, 6.07) is 16.4. The van der Waals surface area contributed by atoms with Crippen molar-refractivity contribution >= 4 is 11.9 Å². The first kappa shape index (κ1) is 15.4. The maximum Gasteiger partial charge on any atom is 0.363 e. The van der Waals surface area contributed by atoms with E-state index < -0.39 is 11.9 Å². The number of ether oxygens (including phenoxy) is 2. The van der Waals surface area contributed by atoms with Gasteiger partial charge in [-0.2, -0.15) is 0 Å². The number of nitrogens with zero attached hydrogens (tertiary/aromatic N) is 2. The van der Waals surface area contributed by atoms with Crippen molar-refractivity contribution < 1.29 is 19.1 Å². The fraction of sp³-hybridized carbons (Fsp3) is 0. The van der Waals surface area contributed by atoms with Gasteiger partial charge in [0.05, 0.1) is 5.56 Å². The lowest BCUT2D eigenvalue weighted by Crippen LogP contribution is -2.14. The van der Waals surface area contributed by atoms with Crippen molar-refractivity contribution in [2.75, 3.05) is 0 Å². The van der Waals surface area contributed by atoms with Crippen molar-refractivity contribution in [1.29, 1.82) is 0 Å². The zero-order valence-electron chi connectivity index (χ0n) is 12.5. The molecule has 2 heterocycles. The van der Waals surface area contributed by atoms with Crippen LogP contribution in [0, 0.1) is 0 Å². The van der Waals surface area contributed by atoms with E-state index in [1.54, 1.807) is 48.5 Å². The average Bonchev–Trinajstić information content (AvgIpc) is 2.64. The van der Waals surface area contributed by atoms with Crippen LogP contribution in [-0.2, 0) is 0 Å². The summed E-state index contributed by atoms with van der Waals surface area (Å²) < 4.78 is 10.4. The van der Waals surface area contributed by atoms with E-state index in [1.165, 1.54) is 24.5 Å². The molecule has 0 N–H and O–H groups in total. The summed E-state index contributed by atoms with van der Waals surface area (Å²) in [6.07, 6.45) is 2.91. The number of aromatic nitrogens is 2. The molecule has 0 aliphatic heterocycles. The van der Waals surface area contributed by atoms with Gasteiger partial charge in [0.2, 0.25) is 0 Å². The predicted molar refractivity (Wildman–Crippen MR) is 84.8 cm³/mol. The van der Waals surface area contributed by atoms with Crippen LogP contribution < -0.4 is 9.47 Å². The van der Waals surface area contributed by atoms with Gasteiger partial charge in [0, 0.05) is 12.4 Å². The first-order valence-corrected chi connectivity index (χ1v) is 7.09. The van der Waals surface area contributed by atoms with E-state index in [2.05, 4.69) is 9.97 Å². The Hall–Kier alpha value is -3.54. The molecule has 1 aromatic carbocycles. The third-order valence-electron chi connectivity index (χ3n) is 3.01. The molecule has 0 unspecified atom stereocenters. The zero-order chi connectivity index (χ0) is 16.8. The van der Waals surface area contributed by atoms with E-state index in [4.69, 9.17) is 9.47 Å². The molecule has 0 bridgehead atoms. The molecule has 3 rings (SSSR count). The van der Waals surface area contributed by atoms with Crippen molar-refractivity contribution in [2.45, 2.75) is 0 Å². The topological polar surface area (TPSA) is 78.4 Å². The third-order valence-corrected chi connectivity index (χ3v) is 3.01. The van der Waals surface area contributed by atoms with Crippen molar-refractivity contribution in [3.8, 4) is 11.6 Å². The summed E-state index contributed by atoms with van der Waals surface area (Å²) in [5.74, 6) is -1.31. The van der Waals surface area contributed by atoms with Crippen LogP contribution in [0.3, 0.4) is 0 Å². The molecule has 0 spiro atoms. The molecule has 0 aliphatic rings. The summed E-state index contributed by atoms with van der Waals surface area (Å²) in [7, 11) is 0. The van der Waals surface area contributed by atoms with Crippen molar-refractivity contribution in [1.82, 2.24) is 9.97 Å². The van der Waals surface area contributed by atoms with E-state index in [1.807, 2.05) is 0 Å². The van der Waals surface area contributed by atoms with Crippen LogP contribution in [-0.4, -0.2) is 21.9 Å². The van der Waals surface area contributed by atoms with Gasteiger partial charge < -0.3 is 9.47 Å². The SMILES string of the molecule is O=C(Oc1cccnc1OC(=O)c1ccccn1)c1ccccc1. The van der Waals surface area contributed by atoms with Crippen LogP contribution in [0.25, 0.3) is 0 Å². The number of benzene rings is 1. The predicted octanol–water partition coefficient (Wildman–Crippen LogP) is 2.92. The summed E-state index contributed by atoms with van der Waals surface area (Å²) in [4.78, 5) is 32.0. The molecule has 6 heteroatoms. The van der Waals surface area contributed by atoms with E-state index >= 15 is 0 Å². The van der Waals surface area contributed by atoms with Gasteiger partial charge in [0.25, 0.3) is 5.88 Å². The largest absolute Gasteiger partial charge is 0.417 e. The molecule has 0 amide bonds. The minimum absolute atomic E-state index is 0.0515. The highest BCUT2D eigenvalue weighted by molar-refractivity contribution is 5.92. The zero-order valence-corrected chi connectivity index (χ0v) is 12.5. The number of hydrogen-bond acceptors (Lipinski definition) is 6. The van der Waals surface area contributed by atoms with Gasteiger partial charge in [-0.15, -0.1) is 0 Å². The smallest absolute Gasteiger partial charge is 0.363 e. The summed E-state index contributed by atoms with van der Waals surface area (Å²) in [5, 5.41) is 0. The van der Waals surface area contributed by atoms with Crippen molar-refractivity contribution in [3.63, 3.8) is 0 Å². The molecule has 24 heavy (non-hydrogen) atoms. The first-order valence-electron chi connectivity index (χ1n) is 7.09. The van der Waals surface area contributed by atoms with Gasteiger partial charge in [-0.25, -0.2) is 19.6 Å². The maximum absolute atomic E-state index is 12.1. The average molecular weight is 320 g/mol. The van der Waals surface area contributed by atoms with E-state index in [0.717, 1.165) is 0 Å². The fourth-order valence-electron chi connectivity index (χ4n) is 1.89. The molecule has 3 aromatic rings. The number of esters is 2. The summed E-state index contributed by atoms with van der Waals surface area (Å²) >= 11 is 0. The molecule has 6 nitrogen and oxygen atoms in total.